The fourth-order valence-electron chi connectivity index (χ4n) is 8.63. The Balaban J connectivity index is 1.14. The highest BCUT2D eigenvalue weighted by molar-refractivity contribution is 5.74. The number of piperidine rings is 1. The smallest absolute Gasteiger partial charge is 0.321 e. The number of nitrogens with zero attached hydrogens (tertiary/aromatic N) is 4. The van der Waals surface area contributed by atoms with Gasteiger partial charge in [0.1, 0.15) is 6.04 Å². The SMILES string of the molecule is CCn1nc(C2CCN(C[C@H]3CN([C@@H](C(=O)O)C4CCCCC4)C[C@@H]3c3ccccc3)CC2)cc1C(C)(C)c1ccccc1. The van der Waals surface area contributed by atoms with Gasteiger partial charge in [-0.2, -0.15) is 5.10 Å². The van der Waals surface area contributed by atoms with Crippen LogP contribution >= 0.6 is 0 Å². The molecule has 2 aliphatic heterocycles. The molecule has 0 spiro atoms. The van der Waals surface area contributed by atoms with Crippen LogP contribution in [0.4, 0.5) is 0 Å². The Kier molecular flexibility index (Phi) is 9.58. The highest BCUT2D eigenvalue weighted by atomic mass is 16.4. The van der Waals surface area contributed by atoms with E-state index in [0.29, 0.717) is 17.8 Å². The molecular formula is C38H52N4O2. The summed E-state index contributed by atoms with van der Waals surface area (Å²) >= 11 is 0. The van der Waals surface area contributed by atoms with Gasteiger partial charge in [-0.15, -0.1) is 0 Å². The van der Waals surface area contributed by atoms with E-state index in [1.165, 1.54) is 41.8 Å². The summed E-state index contributed by atoms with van der Waals surface area (Å²) in [7, 11) is 0. The lowest BCUT2D eigenvalue weighted by Gasteiger charge is -2.35. The van der Waals surface area contributed by atoms with Crippen molar-refractivity contribution in [1.82, 2.24) is 19.6 Å². The van der Waals surface area contributed by atoms with Crippen LogP contribution in [-0.4, -0.2) is 69.4 Å². The van der Waals surface area contributed by atoms with Crippen molar-refractivity contribution in [2.24, 2.45) is 11.8 Å². The predicted molar refractivity (Wildman–Crippen MR) is 177 cm³/mol. The molecule has 3 aromatic rings. The average molecular weight is 597 g/mol. The standard InChI is InChI=1S/C38H52N4O2/c1-4-42-35(38(2,3)32-18-12-7-13-19-32)24-34(39-42)29-20-22-40(23-21-29)25-31-26-41(27-33(31)28-14-8-5-9-15-28)36(37(43)44)30-16-10-6-11-17-30/h5,7-9,12-15,18-19,24,29-31,33,36H,4,6,10-11,16-17,20-23,25-27H2,1-3H3,(H,43,44)/t31-,33+,36+/m0/s1. The molecule has 236 valence electrons. The quantitative estimate of drug-likeness (QED) is 0.269. The summed E-state index contributed by atoms with van der Waals surface area (Å²) < 4.78 is 2.22. The Morgan fingerprint density at radius 2 is 1.59 bits per heavy atom. The third-order valence-electron chi connectivity index (χ3n) is 11.2. The van der Waals surface area contributed by atoms with Gasteiger partial charge in [0.2, 0.25) is 0 Å². The van der Waals surface area contributed by atoms with E-state index in [0.717, 1.165) is 65.0 Å². The van der Waals surface area contributed by atoms with Crippen LogP contribution < -0.4 is 0 Å². The minimum Gasteiger partial charge on any atom is -0.480 e. The van der Waals surface area contributed by atoms with Crippen molar-refractivity contribution < 1.29 is 9.90 Å². The van der Waals surface area contributed by atoms with Crippen molar-refractivity contribution in [3.8, 4) is 0 Å². The van der Waals surface area contributed by atoms with Gasteiger partial charge in [0.15, 0.2) is 0 Å². The molecule has 0 amide bonds. The van der Waals surface area contributed by atoms with Crippen molar-refractivity contribution in [3.05, 3.63) is 89.2 Å². The van der Waals surface area contributed by atoms with Crippen LogP contribution in [-0.2, 0) is 16.8 Å². The number of aliphatic carboxylic acids is 1. The van der Waals surface area contributed by atoms with E-state index in [2.05, 4.69) is 102 Å². The maximum atomic E-state index is 12.6. The molecular weight excluding hydrogens is 544 g/mol. The maximum Gasteiger partial charge on any atom is 0.321 e. The number of benzene rings is 2. The summed E-state index contributed by atoms with van der Waals surface area (Å²) in [5.74, 6) is 0.967. The van der Waals surface area contributed by atoms with Crippen LogP contribution in [0.2, 0.25) is 0 Å². The summed E-state index contributed by atoms with van der Waals surface area (Å²) in [6.07, 6.45) is 7.95. The van der Waals surface area contributed by atoms with Crippen LogP contribution in [0.15, 0.2) is 66.7 Å². The van der Waals surface area contributed by atoms with Crippen LogP contribution in [0.25, 0.3) is 0 Å². The van der Waals surface area contributed by atoms with Gasteiger partial charge in [0, 0.05) is 49.1 Å². The van der Waals surface area contributed by atoms with Gasteiger partial charge >= 0.3 is 5.97 Å². The van der Waals surface area contributed by atoms with Crippen LogP contribution in [0.5, 0.6) is 0 Å². The van der Waals surface area contributed by atoms with Gasteiger partial charge in [0.05, 0.1) is 5.69 Å². The van der Waals surface area contributed by atoms with Gasteiger partial charge in [-0.05, 0) is 74.7 Å². The lowest BCUT2D eigenvalue weighted by atomic mass is 9.80. The molecule has 0 radical (unpaired) electrons. The molecule has 3 fully saturated rings. The monoisotopic (exact) mass is 596 g/mol. The Bertz CT molecular complexity index is 1360. The first-order valence-corrected chi connectivity index (χ1v) is 17.2. The minimum absolute atomic E-state index is 0.102. The zero-order chi connectivity index (χ0) is 30.7. The molecule has 2 saturated heterocycles. The second-order valence-electron chi connectivity index (χ2n) is 14.2. The number of aromatic nitrogens is 2. The second-order valence-corrected chi connectivity index (χ2v) is 14.2. The normalized spacial score (nSPS) is 23.6. The number of carboxylic acid groups (broad SMARTS) is 1. The molecule has 3 atom stereocenters. The van der Waals surface area contributed by atoms with E-state index < -0.39 is 5.97 Å². The Labute approximate surface area is 264 Å². The van der Waals surface area contributed by atoms with E-state index in [1.54, 1.807) is 0 Å². The van der Waals surface area contributed by atoms with Crippen molar-refractivity contribution in [2.45, 2.75) is 95.6 Å². The fourth-order valence-corrected chi connectivity index (χ4v) is 8.63. The van der Waals surface area contributed by atoms with Crippen LogP contribution in [0.3, 0.4) is 0 Å². The van der Waals surface area contributed by atoms with Crippen molar-refractivity contribution in [2.75, 3.05) is 32.7 Å². The predicted octanol–water partition coefficient (Wildman–Crippen LogP) is 7.16. The van der Waals surface area contributed by atoms with Crippen molar-refractivity contribution >= 4 is 5.97 Å². The highest BCUT2D eigenvalue weighted by Crippen LogP contribution is 2.40. The van der Waals surface area contributed by atoms with Gasteiger partial charge < -0.3 is 10.0 Å². The third-order valence-corrected chi connectivity index (χ3v) is 11.2. The first-order chi connectivity index (χ1) is 21.3. The molecule has 6 nitrogen and oxygen atoms in total. The molecule has 2 aromatic carbocycles. The summed E-state index contributed by atoms with van der Waals surface area (Å²) in [5, 5.41) is 15.5. The number of rotatable bonds is 10. The topological polar surface area (TPSA) is 61.6 Å². The van der Waals surface area contributed by atoms with Gasteiger partial charge in [-0.1, -0.05) is 93.8 Å². The van der Waals surface area contributed by atoms with E-state index in [9.17, 15) is 9.90 Å². The van der Waals surface area contributed by atoms with E-state index >= 15 is 0 Å². The first kappa shape index (κ1) is 31.0. The molecule has 1 N–H and O–H groups in total. The molecule has 6 rings (SSSR count). The lowest BCUT2D eigenvalue weighted by molar-refractivity contribution is -0.145. The summed E-state index contributed by atoms with van der Waals surface area (Å²) in [6.45, 7) is 12.6. The largest absolute Gasteiger partial charge is 0.480 e. The van der Waals surface area contributed by atoms with Crippen LogP contribution in [0, 0.1) is 11.8 Å². The van der Waals surface area contributed by atoms with Crippen molar-refractivity contribution in [3.63, 3.8) is 0 Å². The van der Waals surface area contributed by atoms with Gasteiger partial charge in [-0.25, -0.2) is 0 Å². The number of aryl methyl sites for hydroxylation is 1. The average Bonchev–Trinajstić information content (AvgIpc) is 3.68. The molecule has 0 bridgehead atoms. The molecule has 1 saturated carbocycles. The van der Waals surface area contributed by atoms with E-state index in [1.807, 2.05) is 0 Å². The summed E-state index contributed by atoms with van der Waals surface area (Å²) in [5.41, 5.74) is 5.13. The molecule has 3 aliphatic rings. The maximum absolute atomic E-state index is 12.6. The zero-order valence-corrected chi connectivity index (χ0v) is 27.1. The Morgan fingerprint density at radius 3 is 2.23 bits per heavy atom. The van der Waals surface area contributed by atoms with Crippen LogP contribution in [0.1, 0.15) is 100 Å². The third kappa shape index (κ3) is 6.53. The molecule has 1 aliphatic carbocycles. The molecule has 6 heteroatoms. The number of hydrogen-bond donors (Lipinski definition) is 1. The summed E-state index contributed by atoms with van der Waals surface area (Å²) in [6, 6.07) is 23.7. The van der Waals surface area contributed by atoms with Gasteiger partial charge in [-0.3, -0.25) is 14.4 Å². The molecule has 0 unspecified atom stereocenters. The summed E-state index contributed by atoms with van der Waals surface area (Å²) in [4.78, 5) is 17.6. The number of carbonyl (C=O) groups is 1. The second kappa shape index (κ2) is 13.6. The zero-order valence-electron chi connectivity index (χ0n) is 27.1. The Hall–Kier alpha value is -2.96. The fraction of sp³-hybridized carbons (Fsp3) is 0.579. The van der Waals surface area contributed by atoms with Gasteiger partial charge in [0.25, 0.3) is 0 Å². The first-order valence-electron chi connectivity index (χ1n) is 17.2. The number of carboxylic acids is 1. The molecule has 1 aromatic heterocycles. The van der Waals surface area contributed by atoms with Crippen molar-refractivity contribution in [1.29, 1.82) is 0 Å². The number of likely N-dealkylation sites (tertiary alicyclic amines) is 2. The number of hydrogen-bond acceptors (Lipinski definition) is 4. The van der Waals surface area contributed by atoms with E-state index in [4.69, 9.17) is 5.10 Å². The Morgan fingerprint density at radius 1 is 0.932 bits per heavy atom. The lowest BCUT2D eigenvalue weighted by Crippen LogP contribution is -2.46. The highest BCUT2D eigenvalue weighted by Gasteiger charge is 2.43. The minimum atomic E-state index is -0.619. The van der Waals surface area contributed by atoms with E-state index in [-0.39, 0.29) is 17.4 Å². The molecule has 44 heavy (non-hydrogen) atoms. The molecule has 3 heterocycles.